The van der Waals surface area contributed by atoms with Crippen molar-refractivity contribution in [3.05, 3.63) is 64.1 Å². The number of methoxy groups -OCH3 is 2. The Bertz CT molecular complexity index is 1450. The van der Waals surface area contributed by atoms with Crippen LogP contribution < -0.4 is 10.5 Å². The molecule has 0 saturated carbocycles. The van der Waals surface area contributed by atoms with E-state index in [1.807, 2.05) is 53.9 Å². The summed E-state index contributed by atoms with van der Waals surface area (Å²) in [4.78, 5) is 4.73. The predicted octanol–water partition coefficient (Wildman–Crippen LogP) is 5.08. The summed E-state index contributed by atoms with van der Waals surface area (Å²) in [6, 6.07) is 15.7. The molecule has 33 heavy (non-hydrogen) atoms. The Morgan fingerprint density at radius 3 is 2.64 bits per heavy atom. The van der Waals surface area contributed by atoms with Crippen LogP contribution in [0.25, 0.3) is 38.7 Å². The summed E-state index contributed by atoms with van der Waals surface area (Å²) >= 11 is 4.92. The fraction of sp³-hybridized carbons (Fsp3) is 0.130. The van der Waals surface area contributed by atoms with Crippen molar-refractivity contribution in [2.24, 2.45) is 0 Å². The van der Waals surface area contributed by atoms with E-state index in [1.54, 1.807) is 18.7 Å². The number of nitrogen functional groups attached to an aromatic ring is 1. The van der Waals surface area contributed by atoms with E-state index >= 15 is 0 Å². The highest BCUT2D eigenvalue weighted by molar-refractivity contribution is 9.10. The van der Waals surface area contributed by atoms with Crippen LogP contribution >= 0.6 is 27.3 Å². The van der Waals surface area contributed by atoms with Gasteiger partial charge in [-0.1, -0.05) is 40.2 Å². The van der Waals surface area contributed by atoms with Crippen LogP contribution in [-0.2, 0) is 11.3 Å². The van der Waals surface area contributed by atoms with E-state index in [9.17, 15) is 0 Å². The number of hydrogen-bond acceptors (Lipinski definition) is 8. The average Bonchev–Trinajstić information content (AvgIpc) is 3.46. The normalized spacial score (nSPS) is 11.2. The second-order valence-corrected chi connectivity index (χ2v) is 8.97. The number of ether oxygens (including phenoxy) is 2. The molecule has 2 N–H and O–H groups in total. The number of nitrogens with two attached hydrogens (primary N) is 1. The lowest BCUT2D eigenvalue weighted by molar-refractivity contribution is 0.181. The fourth-order valence-electron chi connectivity index (χ4n) is 3.56. The van der Waals surface area contributed by atoms with E-state index in [4.69, 9.17) is 20.2 Å². The molecule has 0 bridgehead atoms. The van der Waals surface area contributed by atoms with Crippen LogP contribution in [0, 0.1) is 0 Å². The third kappa shape index (κ3) is 3.97. The largest absolute Gasteiger partial charge is 0.497 e. The number of anilines is 1. The lowest BCUT2D eigenvalue weighted by Crippen LogP contribution is -2.05. The molecule has 0 unspecified atom stereocenters. The Labute approximate surface area is 202 Å². The minimum Gasteiger partial charge on any atom is -0.497 e. The molecule has 0 atom stereocenters. The van der Waals surface area contributed by atoms with Crippen LogP contribution in [0.4, 0.5) is 5.82 Å². The van der Waals surface area contributed by atoms with E-state index in [-0.39, 0.29) is 0 Å². The van der Waals surface area contributed by atoms with Crippen LogP contribution in [0.5, 0.6) is 5.75 Å². The molecule has 10 heteroatoms. The molecule has 0 amide bonds. The second kappa shape index (κ2) is 8.89. The summed E-state index contributed by atoms with van der Waals surface area (Å²) in [7, 11) is 3.25. The summed E-state index contributed by atoms with van der Waals surface area (Å²) in [5.74, 6) is 1.10. The molecule has 0 spiro atoms. The van der Waals surface area contributed by atoms with Gasteiger partial charge in [0.25, 0.3) is 0 Å². The molecule has 166 valence electrons. The van der Waals surface area contributed by atoms with E-state index < -0.39 is 0 Å². The monoisotopic (exact) mass is 522 g/mol. The van der Waals surface area contributed by atoms with Gasteiger partial charge in [0.2, 0.25) is 0 Å². The molecular formula is C23H19BrN6O2S. The maximum absolute atomic E-state index is 6.52. The van der Waals surface area contributed by atoms with Gasteiger partial charge in [-0.3, -0.25) is 0 Å². The highest BCUT2D eigenvalue weighted by Gasteiger charge is 2.22. The van der Waals surface area contributed by atoms with E-state index in [0.717, 1.165) is 32.6 Å². The van der Waals surface area contributed by atoms with E-state index in [2.05, 4.69) is 31.2 Å². The molecule has 2 aromatic carbocycles. The van der Waals surface area contributed by atoms with Gasteiger partial charge in [0.1, 0.15) is 10.8 Å². The van der Waals surface area contributed by atoms with Crippen LogP contribution in [0.15, 0.2) is 58.4 Å². The van der Waals surface area contributed by atoms with Crippen LogP contribution in [0.1, 0.15) is 5.69 Å². The van der Waals surface area contributed by atoms with E-state index in [1.165, 1.54) is 11.3 Å². The number of aromatic nitrogens is 5. The van der Waals surface area contributed by atoms with Crippen LogP contribution in [0.2, 0.25) is 0 Å². The van der Waals surface area contributed by atoms with Gasteiger partial charge >= 0.3 is 0 Å². The zero-order valence-corrected chi connectivity index (χ0v) is 20.2. The summed E-state index contributed by atoms with van der Waals surface area (Å²) in [6.07, 6.45) is 0. The molecule has 0 aliphatic rings. The standard InChI is InChI=1S/C23H19BrN6O2S/c1-31-11-17-19(14-4-3-5-16(10-14)32-2)22-28-27-20(21(25)30(22)29-17)23-26-18(12-33-23)13-6-8-15(24)9-7-13/h3-10,12H,11,25H2,1-2H3. The van der Waals surface area contributed by atoms with Gasteiger partial charge < -0.3 is 15.2 Å². The average molecular weight is 523 g/mol. The lowest BCUT2D eigenvalue weighted by atomic mass is 10.1. The van der Waals surface area contributed by atoms with Crippen molar-refractivity contribution >= 4 is 38.7 Å². The molecule has 3 heterocycles. The van der Waals surface area contributed by atoms with Crippen molar-refractivity contribution in [2.45, 2.75) is 6.61 Å². The van der Waals surface area contributed by atoms with Crippen LogP contribution in [0.3, 0.4) is 0 Å². The van der Waals surface area contributed by atoms with Gasteiger partial charge in [0.05, 0.1) is 30.7 Å². The van der Waals surface area contributed by atoms with Crippen molar-refractivity contribution in [2.75, 3.05) is 20.0 Å². The number of thiazole rings is 1. The predicted molar refractivity (Wildman–Crippen MR) is 132 cm³/mol. The topological polar surface area (TPSA) is 100 Å². The molecular weight excluding hydrogens is 504 g/mol. The Hall–Kier alpha value is -3.34. The Kier molecular flexibility index (Phi) is 5.79. The van der Waals surface area contributed by atoms with Gasteiger partial charge in [0, 0.05) is 22.5 Å². The number of benzene rings is 2. The number of fused-ring (bicyclic) bond motifs is 1. The highest BCUT2D eigenvalue weighted by atomic mass is 79.9. The van der Waals surface area contributed by atoms with Crippen molar-refractivity contribution in [1.29, 1.82) is 0 Å². The molecule has 0 radical (unpaired) electrons. The highest BCUT2D eigenvalue weighted by Crippen LogP contribution is 2.35. The Morgan fingerprint density at radius 1 is 1.06 bits per heavy atom. The first-order valence-corrected chi connectivity index (χ1v) is 11.6. The van der Waals surface area contributed by atoms with Gasteiger partial charge in [-0.15, -0.1) is 21.5 Å². The van der Waals surface area contributed by atoms with Crippen molar-refractivity contribution in [1.82, 2.24) is 24.8 Å². The van der Waals surface area contributed by atoms with Gasteiger partial charge in [-0.05, 0) is 29.8 Å². The van der Waals surface area contributed by atoms with Gasteiger partial charge in [0.15, 0.2) is 17.2 Å². The summed E-state index contributed by atoms with van der Waals surface area (Å²) < 4.78 is 13.4. The first-order valence-electron chi connectivity index (χ1n) is 9.98. The smallest absolute Gasteiger partial charge is 0.187 e. The molecule has 0 fully saturated rings. The van der Waals surface area contributed by atoms with Crippen LogP contribution in [-0.4, -0.2) is 39.0 Å². The number of hydrogen-bond donors (Lipinski definition) is 1. The number of halogens is 1. The number of rotatable bonds is 6. The minimum atomic E-state index is 0.301. The maximum Gasteiger partial charge on any atom is 0.187 e. The molecule has 5 aromatic rings. The number of nitrogens with zero attached hydrogens (tertiary/aromatic N) is 5. The van der Waals surface area contributed by atoms with Crippen molar-refractivity contribution < 1.29 is 9.47 Å². The van der Waals surface area contributed by atoms with Gasteiger partial charge in [-0.25, -0.2) is 4.98 Å². The first kappa shape index (κ1) is 21.5. The summed E-state index contributed by atoms with van der Waals surface area (Å²) in [5, 5.41) is 16.3. The zero-order chi connectivity index (χ0) is 22.9. The van der Waals surface area contributed by atoms with Gasteiger partial charge in [-0.2, -0.15) is 9.61 Å². The summed E-state index contributed by atoms with van der Waals surface area (Å²) in [6.45, 7) is 0.301. The Morgan fingerprint density at radius 2 is 1.88 bits per heavy atom. The van der Waals surface area contributed by atoms with E-state index in [0.29, 0.717) is 34.5 Å². The maximum atomic E-state index is 6.52. The molecule has 0 aliphatic heterocycles. The van der Waals surface area contributed by atoms with Crippen molar-refractivity contribution in [3.8, 4) is 38.8 Å². The Balaban J connectivity index is 1.62. The fourth-order valence-corrected chi connectivity index (χ4v) is 4.65. The molecule has 3 aromatic heterocycles. The minimum absolute atomic E-state index is 0.301. The lowest BCUT2D eigenvalue weighted by Gasteiger charge is -2.06. The van der Waals surface area contributed by atoms with Crippen molar-refractivity contribution in [3.63, 3.8) is 0 Å². The third-order valence-electron chi connectivity index (χ3n) is 5.14. The zero-order valence-electron chi connectivity index (χ0n) is 17.8. The summed E-state index contributed by atoms with van der Waals surface area (Å²) in [5.41, 5.74) is 11.8. The third-order valence-corrected chi connectivity index (χ3v) is 6.51. The molecule has 5 rings (SSSR count). The second-order valence-electron chi connectivity index (χ2n) is 7.20. The SMILES string of the molecule is COCc1nn2c(N)c(-c3nc(-c4ccc(Br)cc4)cs3)nnc2c1-c1cccc(OC)c1. The molecule has 0 saturated heterocycles. The first-order chi connectivity index (χ1) is 16.1. The quantitative estimate of drug-likeness (QED) is 0.331. The molecule has 8 nitrogen and oxygen atoms in total. The molecule has 0 aliphatic carbocycles.